The topological polar surface area (TPSA) is 57.9 Å². The summed E-state index contributed by atoms with van der Waals surface area (Å²) in [5.74, 6) is 0.576. The van der Waals surface area contributed by atoms with Crippen LogP contribution in [0.1, 0.15) is 61.1 Å². The number of nitrogens with one attached hydrogen (secondary N) is 2. The predicted molar refractivity (Wildman–Crippen MR) is 98.7 cm³/mol. The number of rotatable bonds is 12. The minimum Gasteiger partial charge on any atom is -0.494 e. The van der Waals surface area contributed by atoms with Crippen molar-refractivity contribution < 1.29 is 9.53 Å². The molecule has 2 heterocycles. The maximum atomic E-state index is 11.0. The summed E-state index contributed by atoms with van der Waals surface area (Å²) in [5, 5.41) is 0. The molecule has 0 atom stereocenters. The highest BCUT2D eigenvalue weighted by molar-refractivity contribution is 5.79. The Bertz CT molecular complexity index is 640. The Hall–Kier alpha value is -2.23. The number of carbonyl (C=O) groups excluding carboxylic acids is 1. The first kappa shape index (κ1) is 18.1. The number of unbranched alkanes of at least 4 members (excludes halogenated alkanes) is 6. The van der Waals surface area contributed by atoms with Crippen LogP contribution in [-0.2, 0) is 6.42 Å². The van der Waals surface area contributed by atoms with E-state index in [1.807, 2.05) is 18.2 Å². The van der Waals surface area contributed by atoms with Crippen molar-refractivity contribution in [1.29, 1.82) is 0 Å². The number of allylic oxidation sites excluding steroid dienone is 1. The molecular formula is C20H28N2O2. The zero-order valence-corrected chi connectivity index (χ0v) is 14.6. The number of carbonyl (C=O) groups is 1. The van der Waals surface area contributed by atoms with Crippen molar-refractivity contribution in [3.05, 3.63) is 42.2 Å². The first-order valence-corrected chi connectivity index (χ1v) is 8.79. The van der Waals surface area contributed by atoms with Crippen molar-refractivity contribution in [2.75, 3.05) is 7.11 Å². The summed E-state index contributed by atoms with van der Waals surface area (Å²) in [7, 11) is 1.57. The maximum Gasteiger partial charge on any atom is 0.170 e. The number of hydrogen-bond donors (Lipinski definition) is 2. The van der Waals surface area contributed by atoms with Gasteiger partial charge in [-0.25, -0.2) is 0 Å². The number of aromatic amines is 2. The zero-order valence-electron chi connectivity index (χ0n) is 14.6. The van der Waals surface area contributed by atoms with E-state index >= 15 is 0 Å². The van der Waals surface area contributed by atoms with Crippen molar-refractivity contribution in [1.82, 2.24) is 9.97 Å². The number of aldehydes is 1. The predicted octanol–water partition coefficient (Wildman–Crippen LogP) is 5.29. The third-order valence-corrected chi connectivity index (χ3v) is 4.29. The average Bonchev–Trinajstić information content (AvgIpc) is 3.23. The van der Waals surface area contributed by atoms with E-state index in [1.165, 1.54) is 44.2 Å². The van der Waals surface area contributed by atoms with Crippen LogP contribution in [0, 0.1) is 0 Å². The van der Waals surface area contributed by atoms with Crippen molar-refractivity contribution in [2.24, 2.45) is 0 Å². The van der Waals surface area contributed by atoms with Gasteiger partial charge in [0.25, 0.3) is 0 Å². The van der Waals surface area contributed by atoms with Crippen LogP contribution in [0.5, 0.6) is 5.75 Å². The second kappa shape index (κ2) is 9.81. The molecule has 0 saturated carbocycles. The van der Waals surface area contributed by atoms with Gasteiger partial charge in [0, 0.05) is 11.8 Å². The summed E-state index contributed by atoms with van der Waals surface area (Å²) in [4.78, 5) is 17.5. The van der Waals surface area contributed by atoms with E-state index in [0.29, 0.717) is 11.4 Å². The summed E-state index contributed by atoms with van der Waals surface area (Å²) >= 11 is 0. The van der Waals surface area contributed by atoms with Crippen LogP contribution in [0.3, 0.4) is 0 Å². The molecule has 0 aromatic carbocycles. The maximum absolute atomic E-state index is 11.0. The van der Waals surface area contributed by atoms with Crippen LogP contribution in [0.2, 0.25) is 0 Å². The fourth-order valence-corrected chi connectivity index (χ4v) is 2.91. The molecule has 2 N–H and O–H groups in total. The molecule has 130 valence electrons. The number of aryl methyl sites for hydroxylation is 1. The summed E-state index contributed by atoms with van der Waals surface area (Å²) in [5.41, 5.74) is 3.57. The standard InChI is InChI=1S/C20H28N2O2/c1-3-4-5-6-7-8-9-10-11-16-12-13-17(21-16)18-14-20(24-2)19(15-23)22-18/h3,12-15,21-22H,1,4-11H2,2H3. The number of hydrogen-bond acceptors (Lipinski definition) is 2. The fraction of sp³-hybridized carbons (Fsp3) is 0.450. The molecule has 2 rings (SSSR count). The van der Waals surface area contributed by atoms with Crippen LogP contribution in [0.4, 0.5) is 0 Å². The highest BCUT2D eigenvalue weighted by atomic mass is 16.5. The van der Waals surface area contributed by atoms with Gasteiger partial charge in [-0.15, -0.1) is 6.58 Å². The summed E-state index contributed by atoms with van der Waals surface area (Å²) in [6, 6.07) is 6.01. The van der Waals surface area contributed by atoms with E-state index in [1.54, 1.807) is 7.11 Å². The van der Waals surface area contributed by atoms with E-state index in [4.69, 9.17) is 4.74 Å². The second-order valence-electron chi connectivity index (χ2n) is 6.13. The molecule has 2 aromatic heterocycles. The molecule has 0 amide bonds. The quantitative estimate of drug-likeness (QED) is 0.316. The molecule has 0 radical (unpaired) electrons. The van der Waals surface area contributed by atoms with Gasteiger partial charge in [0.1, 0.15) is 11.4 Å². The Kier molecular flexibility index (Phi) is 7.40. The molecule has 0 bridgehead atoms. The molecule has 0 aliphatic heterocycles. The van der Waals surface area contributed by atoms with Crippen LogP contribution in [0.25, 0.3) is 11.4 Å². The lowest BCUT2D eigenvalue weighted by Gasteiger charge is -2.01. The van der Waals surface area contributed by atoms with Crippen molar-refractivity contribution >= 4 is 6.29 Å². The number of methoxy groups -OCH3 is 1. The Morgan fingerprint density at radius 1 is 1.04 bits per heavy atom. The molecule has 24 heavy (non-hydrogen) atoms. The zero-order chi connectivity index (χ0) is 17.2. The molecule has 0 saturated heterocycles. The molecule has 0 aliphatic rings. The van der Waals surface area contributed by atoms with E-state index in [2.05, 4.69) is 22.6 Å². The summed E-state index contributed by atoms with van der Waals surface area (Å²) in [6.45, 7) is 3.75. The second-order valence-corrected chi connectivity index (χ2v) is 6.13. The normalized spacial score (nSPS) is 10.7. The van der Waals surface area contributed by atoms with Gasteiger partial charge >= 0.3 is 0 Å². The lowest BCUT2D eigenvalue weighted by atomic mass is 10.1. The Labute approximate surface area is 144 Å². The third-order valence-electron chi connectivity index (χ3n) is 4.29. The van der Waals surface area contributed by atoms with Crippen LogP contribution in [-0.4, -0.2) is 23.4 Å². The molecule has 2 aromatic rings. The summed E-state index contributed by atoms with van der Waals surface area (Å²) < 4.78 is 5.19. The van der Waals surface area contributed by atoms with Crippen LogP contribution >= 0.6 is 0 Å². The van der Waals surface area contributed by atoms with Crippen LogP contribution < -0.4 is 4.74 Å². The van der Waals surface area contributed by atoms with Gasteiger partial charge in [-0.05, 0) is 37.8 Å². The van der Waals surface area contributed by atoms with E-state index in [-0.39, 0.29) is 0 Å². The number of ether oxygens (including phenoxy) is 1. The Morgan fingerprint density at radius 2 is 1.79 bits per heavy atom. The molecular weight excluding hydrogens is 300 g/mol. The van der Waals surface area contributed by atoms with E-state index in [9.17, 15) is 4.79 Å². The summed E-state index contributed by atoms with van der Waals surface area (Å²) in [6.07, 6.45) is 12.7. The van der Waals surface area contributed by atoms with E-state index in [0.717, 1.165) is 30.5 Å². The highest BCUT2D eigenvalue weighted by Crippen LogP contribution is 2.26. The minimum atomic E-state index is 0.472. The molecule has 0 unspecified atom stereocenters. The first-order chi connectivity index (χ1) is 11.8. The van der Waals surface area contributed by atoms with Gasteiger partial charge in [0.2, 0.25) is 0 Å². The molecule has 4 heteroatoms. The van der Waals surface area contributed by atoms with Gasteiger partial charge in [0.05, 0.1) is 18.5 Å². The molecule has 0 fully saturated rings. The Morgan fingerprint density at radius 3 is 2.46 bits per heavy atom. The monoisotopic (exact) mass is 328 g/mol. The SMILES string of the molecule is C=CCCCCCCCCc1ccc(-c2cc(OC)c(C=O)[nH]2)[nH]1. The number of aromatic nitrogens is 2. The van der Waals surface area contributed by atoms with Crippen molar-refractivity contribution in [2.45, 2.75) is 51.4 Å². The smallest absolute Gasteiger partial charge is 0.170 e. The van der Waals surface area contributed by atoms with Crippen molar-refractivity contribution in [3.63, 3.8) is 0 Å². The first-order valence-electron chi connectivity index (χ1n) is 8.79. The Balaban J connectivity index is 1.76. The number of H-pyrrole nitrogens is 2. The van der Waals surface area contributed by atoms with E-state index < -0.39 is 0 Å². The van der Waals surface area contributed by atoms with Crippen LogP contribution in [0.15, 0.2) is 30.9 Å². The third kappa shape index (κ3) is 5.15. The van der Waals surface area contributed by atoms with Gasteiger partial charge < -0.3 is 14.7 Å². The minimum absolute atomic E-state index is 0.472. The average molecular weight is 328 g/mol. The van der Waals surface area contributed by atoms with Gasteiger partial charge in [-0.1, -0.05) is 31.8 Å². The molecule has 4 nitrogen and oxygen atoms in total. The molecule has 0 aliphatic carbocycles. The lowest BCUT2D eigenvalue weighted by Crippen LogP contribution is -1.88. The van der Waals surface area contributed by atoms with Gasteiger partial charge in [0.15, 0.2) is 6.29 Å². The van der Waals surface area contributed by atoms with Gasteiger partial charge in [-0.3, -0.25) is 4.79 Å². The largest absolute Gasteiger partial charge is 0.494 e. The lowest BCUT2D eigenvalue weighted by molar-refractivity contribution is 0.111. The fourth-order valence-electron chi connectivity index (χ4n) is 2.91. The highest BCUT2D eigenvalue weighted by Gasteiger charge is 2.10. The molecule has 0 spiro atoms. The van der Waals surface area contributed by atoms with Gasteiger partial charge in [-0.2, -0.15) is 0 Å². The van der Waals surface area contributed by atoms with Crippen molar-refractivity contribution in [3.8, 4) is 17.1 Å².